The van der Waals surface area contributed by atoms with E-state index in [0.717, 1.165) is 23.0 Å². The quantitative estimate of drug-likeness (QED) is 0.517. The van der Waals surface area contributed by atoms with Crippen molar-refractivity contribution in [2.75, 3.05) is 18.9 Å². The molecule has 1 saturated heterocycles. The van der Waals surface area contributed by atoms with Gasteiger partial charge in [-0.25, -0.2) is 4.98 Å². The molecule has 4 rings (SSSR count). The Hall–Kier alpha value is -2.29. The first-order chi connectivity index (χ1) is 15.0. The van der Waals surface area contributed by atoms with Crippen LogP contribution in [0.2, 0.25) is 10.2 Å². The molecule has 1 amide bonds. The highest BCUT2D eigenvalue weighted by Crippen LogP contribution is 2.34. The zero-order valence-electron chi connectivity index (χ0n) is 19.2. The molecule has 3 N–H and O–H groups in total. The predicted molar refractivity (Wildman–Crippen MR) is 129 cm³/mol. The number of H-pyrrole nitrogens is 1. The van der Waals surface area contributed by atoms with E-state index in [0.29, 0.717) is 28.9 Å². The van der Waals surface area contributed by atoms with Crippen molar-refractivity contribution in [2.24, 2.45) is 7.05 Å². The van der Waals surface area contributed by atoms with Crippen molar-refractivity contribution in [1.29, 1.82) is 0 Å². The van der Waals surface area contributed by atoms with Crippen LogP contribution in [0.5, 0.6) is 0 Å². The molecule has 0 saturated carbocycles. The molecule has 10 heteroatoms. The maximum atomic E-state index is 13.1. The van der Waals surface area contributed by atoms with Crippen LogP contribution in [-0.4, -0.2) is 56.2 Å². The number of rotatable bonds is 5. The van der Waals surface area contributed by atoms with Gasteiger partial charge in [0.15, 0.2) is 11.0 Å². The van der Waals surface area contributed by atoms with Gasteiger partial charge in [-0.2, -0.15) is 5.10 Å². The first kappa shape index (κ1) is 22.9. The summed E-state index contributed by atoms with van der Waals surface area (Å²) in [5, 5.41) is 15.9. The first-order valence-corrected chi connectivity index (χ1v) is 11.4. The molecule has 0 bridgehead atoms. The lowest BCUT2D eigenvalue weighted by Gasteiger charge is -2.41. The van der Waals surface area contributed by atoms with E-state index >= 15 is 0 Å². The van der Waals surface area contributed by atoms with E-state index in [2.05, 4.69) is 59.6 Å². The molecule has 0 unspecified atom stereocenters. The van der Waals surface area contributed by atoms with Crippen LogP contribution in [0.1, 0.15) is 49.6 Å². The van der Waals surface area contributed by atoms with E-state index in [1.807, 2.05) is 6.07 Å². The van der Waals surface area contributed by atoms with Crippen LogP contribution in [0.15, 0.2) is 12.1 Å². The van der Waals surface area contributed by atoms with Crippen molar-refractivity contribution in [3.05, 3.63) is 39.4 Å². The minimum atomic E-state index is -0.135. The number of aromatic nitrogens is 4. The van der Waals surface area contributed by atoms with Crippen molar-refractivity contribution >= 4 is 45.8 Å². The lowest BCUT2D eigenvalue weighted by atomic mass is 9.86. The summed E-state index contributed by atoms with van der Waals surface area (Å²) in [6, 6.07) is 4.37. The molecule has 8 nitrogen and oxygen atoms in total. The summed E-state index contributed by atoms with van der Waals surface area (Å²) in [6.07, 6.45) is 0. The topological polar surface area (TPSA) is 90.9 Å². The number of anilines is 1. The maximum Gasteiger partial charge on any atom is 0.273 e. The van der Waals surface area contributed by atoms with Crippen LogP contribution in [-0.2, 0) is 19.0 Å². The van der Waals surface area contributed by atoms with Gasteiger partial charge in [-0.3, -0.25) is 9.89 Å². The zero-order chi connectivity index (χ0) is 23.4. The van der Waals surface area contributed by atoms with E-state index in [-0.39, 0.29) is 28.6 Å². The number of amides is 1. The Morgan fingerprint density at radius 2 is 2.06 bits per heavy atom. The number of carbonyl (C=O) groups excluding carboxylic acids is 1. The number of likely N-dealkylation sites (N-methyl/N-ethyl adjacent to an activating group) is 1. The number of nitrogens with zero attached hydrogens (tertiary/aromatic N) is 4. The van der Waals surface area contributed by atoms with Crippen LogP contribution >= 0.6 is 23.2 Å². The van der Waals surface area contributed by atoms with Gasteiger partial charge in [0.25, 0.3) is 5.91 Å². The van der Waals surface area contributed by atoms with Crippen LogP contribution in [0.4, 0.5) is 5.82 Å². The average molecular weight is 478 g/mol. The van der Waals surface area contributed by atoms with Crippen LogP contribution in [0, 0.1) is 0 Å². The SMILES string of the molecule is C[C@@H]1NC[C@H]1N(C)C(=O)c1c(Cl)nc(CNc2n[nH]c3cc(Cl)c(C(C)(C)C)cc23)n1C. The Labute approximate surface area is 197 Å². The van der Waals surface area contributed by atoms with Gasteiger partial charge in [-0.05, 0) is 30.0 Å². The second-order valence-corrected chi connectivity index (χ2v) is 10.2. The number of halogens is 2. The molecular weight excluding hydrogens is 449 g/mol. The summed E-state index contributed by atoms with van der Waals surface area (Å²) in [5.41, 5.74) is 2.19. The lowest BCUT2D eigenvalue weighted by Crippen LogP contribution is -2.63. The average Bonchev–Trinajstić information content (AvgIpc) is 3.22. The van der Waals surface area contributed by atoms with Crippen LogP contribution in [0.3, 0.4) is 0 Å². The van der Waals surface area contributed by atoms with Gasteiger partial charge in [-0.1, -0.05) is 44.0 Å². The van der Waals surface area contributed by atoms with Crippen molar-refractivity contribution in [2.45, 2.75) is 51.7 Å². The second-order valence-electron chi connectivity index (χ2n) is 9.46. The van der Waals surface area contributed by atoms with E-state index in [1.54, 1.807) is 23.6 Å². The van der Waals surface area contributed by atoms with Gasteiger partial charge in [0.05, 0.1) is 18.1 Å². The Morgan fingerprint density at radius 3 is 2.66 bits per heavy atom. The molecule has 3 aromatic rings. The van der Waals surface area contributed by atoms with Gasteiger partial charge in [0, 0.05) is 37.1 Å². The first-order valence-electron chi connectivity index (χ1n) is 10.6. The number of aromatic amines is 1. The van der Waals surface area contributed by atoms with Gasteiger partial charge in [0.2, 0.25) is 0 Å². The molecule has 0 aliphatic carbocycles. The lowest BCUT2D eigenvalue weighted by molar-refractivity contribution is 0.0602. The highest BCUT2D eigenvalue weighted by Gasteiger charge is 2.35. The largest absolute Gasteiger partial charge is 0.361 e. The Balaban J connectivity index is 1.57. The summed E-state index contributed by atoms with van der Waals surface area (Å²) in [5.74, 6) is 1.21. The summed E-state index contributed by atoms with van der Waals surface area (Å²) in [7, 11) is 3.61. The third-order valence-electron chi connectivity index (χ3n) is 6.26. The summed E-state index contributed by atoms with van der Waals surface area (Å²) in [6.45, 7) is 9.57. The maximum absolute atomic E-state index is 13.1. The number of nitrogens with one attached hydrogen (secondary N) is 3. The van der Waals surface area contributed by atoms with Crippen molar-refractivity contribution in [3.8, 4) is 0 Å². The third kappa shape index (κ3) is 3.95. The third-order valence-corrected chi connectivity index (χ3v) is 6.84. The number of fused-ring (bicyclic) bond motifs is 1. The molecule has 1 aromatic carbocycles. The molecule has 172 valence electrons. The number of imidazole rings is 1. The Morgan fingerprint density at radius 1 is 1.34 bits per heavy atom. The molecule has 1 fully saturated rings. The molecular formula is C22H29Cl2N7O. The minimum absolute atomic E-state index is 0.0955. The smallest absolute Gasteiger partial charge is 0.273 e. The fourth-order valence-corrected chi connectivity index (χ4v) is 4.81. The van der Waals surface area contributed by atoms with E-state index < -0.39 is 0 Å². The van der Waals surface area contributed by atoms with E-state index in [9.17, 15) is 4.79 Å². The van der Waals surface area contributed by atoms with Gasteiger partial charge < -0.3 is 20.1 Å². The molecule has 0 radical (unpaired) electrons. The fourth-order valence-electron chi connectivity index (χ4n) is 4.06. The van der Waals surface area contributed by atoms with Gasteiger partial charge in [0.1, 0.15) is 11.5 Å². The number of benzene rings is 1. The Bertz CT molecular complexity index is 1180. The molecule has 3 heterocycles. The summed E-state index contributed by atoms with van der Waals surface area (Å²) >= 11 is 12.9. The predicted octanol–water partition coefficient (Wildman–Crippen LogP) is 3.95. The number of hydrogen-bond donors (Lipinski definition) is 3. The second kappa shape index (κ2) is 8.24. The fraction of sp³-hybridized carbons (Fsp3) is 0.500. The monoisotopic (exact) mass is 477 g/mol. The minimum Gasteiger partial charge on any atom is -0.361 e. The van der Waals surface area contributed by atoms with Gasteiger partial charge >= 0.3 is 0 Å². The molecule has 2 atom stereocenters. The van der Waals surface area contributed by atoms with Crippen molar-refractivity contribution in [1.82, 2.24) is 30.0 Å². The molecule has 2 aromatic heterocycles. The summed E-state index contributed by atoms with van der Waals surface area (Å²) in [4.78, 5) is 19.2. The standard InChI is InChI=1S/C22H29Cl2N7O/c1-11-16(9-25-11)30(5)21(32)18-19(24)27-17(31(18)6)10-26-20-12-7-13(22(2,3)4)14(23)8-15(12)28-29-20/h7-8,11,16,25H,9-10H2,1-6H3,(H2,26,28,29)/t11-,16+/m0/s1. The van der Waals surface area contributed by atoms with Crippen LogP contribution in [0.25, 0.3) is 10.9 Å². The molecule has 1 aliphatic heterocycles. The van der Waals surface area contributed by atoms with Crippen molar-refractivity contribution < 1.29 is 4.79 Å². The highest BCUT2D eigenvalue weighted by molar-refractivity contribution is 6.32. The zero-order valence-corrected chi connectivity index (χ0v) is 20.7. The molecule has 32 heavy (non-hydrogen) atoms. The van der Waals surface area contributed by atoms with E-state index in [4.69, 9.17) is 23.2 Å². The highest BCUT2D eigenvalue weighted by atomic mass is 35.5. The summed E-state index contributed by atoms with van der Waals surface area (Å²) < 4.78 is 1.75. The number of hydrogen-bond acceptors (Lipinski definition) is 5. The van der Waals surface area contributed by atoms with Crippen molar-refractivity contribution in [3.63, 3.8) is 0 Å². The van der Waals surface area contributed by atoms with Gasteiger partial charge in [-0.15, -0.1) is 0 Å². The number of carbonyl (C=O) groups is 1. The molecule has 0 spiro atoms. The normalized spacial score (nSPS) is 18.6. The van der Waals surface area contributed by atoms with E-state index in [1.165, 1.54) is 0 Å². The van der Waals surface area contributed by atoms with Crippen LogP contribution < -0.4 is 10.6 Å². The Kier molecular flexibility index (Phi) is 5.90. The molecule has 1 aliphatic rings.